The summed E-state index contributed by atoms with van der Waals surface area (Å²) in [4.78, 5) is 24.8. The highest BCUT2D eigenvalue weighted by Crippen LogP contribution is 2.37. The number of benzene rings is 1. The van der Waals surface area contributed by atoms with Crippen LogP contribution in [-0.2, 0) is 14.1 Å². The van der Waals surface area contributed by atoms with Crippen LogP contribution >= 0.6 is 0 Å². The lowest BCUT2D eigenvalue weighted by Crippen LogP contribution is -2.43. The van der Waals surface area contributed by atoms with Gasteiger partial charge in [-0.05, 0) is 17.7 Å². The number of fused-ring (bicyclic) bond motifs is 1. The van der Waals surface area contributed by atoms with Gasteiger partial charge in [0.2, 0.25) is 0 Å². The number of nitrogens with two attached hydrogens (primary N) is 1. The maximum atomic E-state index is 13.7. The molecule has 1 aromatic carbocycles. The molecule has 2 heterocycles. The average Bonchev–Trinajstić information content (AvgIpc) is 2.57. The van der Waals surface area contributed by atoms with E-state index in [0.717, 1.165) is 4.57 Å². The van der Waals surface area contributed by atoms with Crippen LogP contribution in [0.3, 0.4) is 0 Å². The van der Waals surface area contributed by atoms with E-state index in [4.69, 9.17) is 5.73 Å². The molecule has 0 radical (unpaired) electrons. The average molecular weight is 327 g/mol. The number of nitriles is 1. The van der Waals surface area contributed by atoms with Crippen LogP contribution in [0.1, 0.15) is 17.0 Å². The van der Waals surface area contributed by atoms with Gasteiger partial charge in [0.05, 0.1) is 23.1 Å². The molecule has 8 heteroatoms. The lowest BCUT2D eigenvalue weighted by Gasteiger charge is -2.28. The molecule has 1 atom stereocenters. The summed E-state index contributed by atoms with van der Waals surface area (Å²) in [7, 11) is 2.84. The fraction of sp³-hybridized carbons (Fsp3) is 0.188. The Bertz CT molecular complexity index is 1040. The Hall–Kier alpha value is -3.34. The third-order valence-corrected chi connectivity index (χ3v) is 4.12. The van der Waals surface area contributed by atoms with Crippen LogP contribution in [0.2, 0.25) is 0 Å². The highest BCUT2D eigenvalue weighted by Gasteiger charge is 2.34. The minimum Gasteiger partial charge on any atom is -0.384 e. The summed E-state index contributed by atoms with van der Waals surface area (Å²) in [5, 5.41) is 12.2. The third kappa shape index (κ3) is 2.10. The Balaban J connectivity index is 2.44. The zero-order valence-corrected chi connectivity index (χ0v) is 13.0. The summed E-state index contributed by atoms with van der Waals surface area (Å²) < 4.78 is 15.9. The van der Waals surface area contributed by atoms with E-state index in [1.165, 1.54) is 36.9 Å². The van der Waals surface area contributed by atoms with E-state index >= 15 is 0 Å². The van der Waals surface area contributed by atoms with Crippen molar-refractivity contribution in [1.29, 1.82) is 5.26 Å². The monoisotopic (exact) mass is 327 g/mol. The summed E-state index contributed by atoms with van der Waals surface area (Å²) in [6, 6.07) is 7.59. The van der Waals surface area contributed by atoms with E-state index in [0.29, 0.717) is 5.56 Å². The van der Waals surface area contributed by atoms with Gasteiger partial charge in [0.25, 0.3) is 5.56 Å². The molecule has 0 aliphatic carbocycles. The van der Waals surface area contributed by atoms with E-state index in [1.807, 2.05) is 6.07 Å². The molecular weight excluding hydrogens is 313 g/mol. The van der Waals surface area contributed by atoms with Crippen molar-refractivity contribution in [2.24, 2.45) is 19.8 Å². The second-order valence-electron chi connectivity index (χ2n) is 5.52. The molecule has 0 saturated carbocycles. The van der Waals surface area contributed by atoms with Gasteiger partial charge >= 0.3 is 5.69 Å². The molecule has 0 spiro atoms. The summed E-state index contributed by atoms with van der Waals surface area (Å²) in [6.45, 7) is 0. The van der Waals surface area contributed by atoms with Crippen molar-refractivity contribution in [2.45, 2.75) is 5.92 Å². The van der Waals surface area contributed by atoms with Crippen molar-refractivity contribution >= 4 is 5.82 Å². The number of allylic oxidation sites excluding steroid dienone is 1. The molecule has 24 heavy (non-hydrogen) atoms. The number of aromatic nitrogens is 2. The van der Waals surface area contributed by atoms with Gasteiger partial charge in [-0.1, -0.05) is 12.1 Å². The molecule has 1 aromatic heterocycles. The van der Waals surface area contributed by atoms with Gasteiger partial charge < -0.3 is 11.1 Å². The van der Waals surface area contributed by atoms with Crippen LogP contribution < -0.4 is 22.3 Å². The molecule has 3 rings (SSSR count). The first-order valence-electron chi connectivity index (χ1n) is 7.09. The summed E-state index contributed by atoms with van der Waals surface area (Å²) in [6.07, 6.45) is 0. The molecule has 2 aromatic rings. The van der Waals surface area contributed by atoms with E-state index in [-0.39, 0.29) is 22.8 Å². The van der Waals surface area contributed by atoms with Crippen LogP contribution in [0.15, 0.2) is 45.2 Å². The third-order valence-electron chi connectivity index (χ3n) is 4.12. The quantitative estimate of drug-likeness (QED) is 0.792. The van der Waals surface area contributed by atoms with Crippen molar-refractivity contribution in [1.82, 2.24) is 9.13 Å². The van der Waals surface area contributed by atoms with Crippen molar-refractivity contribution in [3.63, 3.8) is 0 Å². The van der Waals surface area contributed by atoms with Gasteiger partial charge in [0.15, 0.2) is 0 Å². The Morgan fingerprint density at radius 3 is 2.62 bits per heavy atom. The van der Waals surface area contributed by atoms with Crippen LogP contribution in [0, 0.1) is 17.1 Å². The smallest absolute Gasteiger partial charge is 0.332 e. The SMILES string of the molecule is Cn1c2c(c(=O)n(C)c1=O)C(c1cccc(F)c1)C(C#N)=C(N)N2. The lowest BCUT2D eigenvalue weighted by atomic mass is 9.84. The Labute approximate surface area is 136 Å². The zero-order valence-electron chi connectivity index (χ0n) is 13.0. The van der Waals surface area contributed by atoms with Crippen LogP contribution in [0.5, 0.6) is 0 Å². The van der Waals surface area contributed by atoms with Crippen molar-refractivity contribution in [3.8, 4) is 6.07 Å². The van der Waals surface area contributed by atoms with Gasteiger partial charge in [-0.15, -0.1) is 0 Å². The number of nitrogens with zero attached hydrogens (tertiary/aromatic N) is 3. The van der Waals surface area contributed by atoms with Crippen molar-refractivity contribution in [2.75, 3.05) is 5.32 Å². The molecule has 0 fully saturated rings. The molecule has 0 amide bonds. The van der Waals surface area contributed by atoms with Gasteiger partial charge in [-0.25, -0.2) is 9.18 Å². The van der Waals surface area contributed by atoms with Gasteiger partial charge in [-0.3, -0.25) is 13.9 Å². The first-order chi connectivity index (χ1) is 11.4. The summed E-state index contributed by atoms with van der Waals surface area (Å²) in [5.74, 6) is -1.12. The predicted octanol–water partition coefficient (Wildman–Crippen LogP) is 0.474. The van der Waals surface area contributed by atoms with E-state index in [2.05, 4.69) is 5.32 Å². The first kappa shape index (κ1) is 15.6. The van der Waals surface area contributed by atoms with Crippen LogP contribution in [0.25, 0.3) is 0 Å². The Morgan fingerprint density at radius 2 is 2.00 bits per heavy atom. The summed E-state index contributed by atoms with van der Waals surface area (Å²) in [5.41, 5.74) is 5.50. The zero-order chi connectivity index (χ0) is 17.6. The molecule has 0 saturated heterocycles. The Morgan fingerprint density at radius 1 is 1.29 bits per heavy atom. The van der Waals surface area contributed by atoms with Crippen LogP contribution in [-0.4, -0.2) is 9.13 Å². The van der Waals surface area contributed by atoms with Crippen LogP contribution in [0.4, 0.5) is 10.2 Å². The van der Waals surface area contributed by atoms with Gasteiger partial charge in [0, 0.05) is 14.1 Å². The molecule has 7 nitrogen and oxygen atoms in total. The summed E-state index contributed by atoms with van der Waals surface area (Å²) >= 11 is 0. The molecule has 122 valence electrons. The second kappa shape index (κ2) is 5.38. The minimum absolute atomic E-state index is 0.0301. The maximum Gasteiger partial charge on any atom is 0.332 e. The van der Waals surface area contributed by atoms with Gasteiger partial charge in [-0.2, -0.15) is 5.26 Å². The van der Waals surface area contributed by atoms with E-state index in [1.54, 1.807) is 6.07 Å². The normalized spacial score (nSPS) is 16.3. The number of hydrogen-bond acceptors (Lipinski definition) is 5. The highest BCUT2D eigenvalue weighted by atomic mass is 19.1. The molecule has 0 bridgehead atoms. The number of anilines is 1. The molecule has 1 aliphatic rings. The molecule has 1 aliphatic heterocycles. The fourth-order valence-corrected chi connectivity index (χ4v) is 2.92. The number of hydrogen-bond donors (Lipinski definition) is 2. The van der Waals surface area contributed by atoms with Crippen molar-refractivity contribution in [3.05, 3.63) is 73.4 Å². The first-order valence-corrected chi connectivity index (χ1v) is 7.09. The second-order valence-corrected chi connectivity index (χ2v) is 5.52. The largest absolute Gasteiger partial charge is 0.384 e. The van der Waals surface area contributed by atoms with E-state index < -0.39 is 23.0 Å². The van der Waals surface area contributed by atoms with E-state index in [9.17, 15) is 19.2 Å². The Kier molecular flexibility index (Phi) is 3.49. The van der Waals surface area contributed by atoms with Gasteiger partial charge in [0.1, 0.15) is 17.5 Å². The lowest BCUT2D eigenvalue weighted by molar-refractivity contribution is 0.623. The fourth-order valence-electron chi connectivity index (χ4n) is 2.92. The number of rotatable bonds is 1. The highest BCUT2D eigenvalue weighted by molar-refractivity contribution is 5.64. The maximum absolute atomic E-state index is 13.7. The molecule has 1 unspecified atom stereocenters. The topological polar surface area (TPSA) is 106 Å². The van der Waals surface area contributed by atoms with Crippen molar-refractivity contribution < 1.29 is 4.39 Å². The molecular formula is C16H14FN5O2. The predicted molar refractivity (Wildman–Crippen MR) is 85.6 cm³/mol. The standard InChI is InChI=1S/C16H14FN5O2/c1-21-14-12(15(23)22(2)16(21)24)11(10(7-18)13(19)20-14)8-4-3-5-9(17)6-8/h3-6,11,20H,19H2,1-2H3. The molecule has 3 N–H and O–H groups in total. The number of nitrogens with one attached hydrogen (secondary N) is 1. The number of halogens is 1. The minimum atomic E-state index is -0.854.